The van der Waals surface area contributed by atoms with E-state index in [-0.39, 0.29) is 47.7 Å². The third-order valence-corrected chi connectivity index (χ3v) is 11.8. The van der Waals surface area contributed by atoms with E-state index in [1.54, 1.807) is 36.4 Å². The summed E-state index contributed by atoms with van der Waals surface area (Å²) in [5, 5.41) is 12.3. The van der Waals surface area contributed by atoms with Crippen LogP contribution in [0.2, 0.25) is 5.02 Å². The molecule has 1 N–H and O–H groups in total. The number of amides is 2. The van der Waals surface area contributed by atoms with Gasteiger partial charge in [0, 0.05) is 32.5 Å². The van der Waals surface area contributed by atoms with Gasteiger partial charge in [-0.05, 0) is 72.4 Å². The van der Waals surface area contributed by atoms with Gasteiger partial charge in [0.25, 0.3) is 0 Å². The third-order valence-electron chi connectivity index (χ3n) is 11.1. The van der Waals surface area contributed by atoms with Gasteiger partial charge in [0.2, 0.25) is 11.8 Å². The van der Waals surface area contributed by atoms with Crippen LogP contribution in [0.3, 0.4) is 0 Å². The SMILES string of the molecule is COc1cc(Br)cc(C2C3=CCC4C(=O)N(c5ccc(Cl)cc5)C(=O)C4C3CC3C(=O)C(c4ccccc4)=CC(=O)C32c2ccccc2)c1O. The predicted molar refractivity (Wildman–Crippen MR) is 193 cm³/mol. The summed E-state index contributed by atoms with van der Waals surface area (Å²) in [5.74, 6) is -4.93. The smallest absolute Gasteiger partial charge is 0.238 e. The van der Waals surface area contributed by atoms with Gasteiger partial charge in [-0.1, -0.05) is 99.8 Å². The van der Waals surface area contributed by atoms with Crippen LogP contribution >= 0.6 is 27.5 Å². The molecule has 4 aromatic carbocycles. The summed E-state index contributed by atoms with van der Waals surface area (Å²) in [6.45, 7) is 0. The molecule has 7 nitrogen and oxygen atoms in total. The average molecular weight is 749 g/mol. The molecule has 8 rings (SSSR count). The third kappa shape index (κ3) is 4.68. The number of benzene rings is 4. The number of rotatable bonds is 5. The highest BCUT2D eigenvalue weighted by molar-refractivity contribution is 9.10. The van der Waals surface area contributed by atoms with Crippen molar-refractivity contribution in [1.29, 1.82) is 0 Å². The topological polar surface area (TPSA) is 101 Å². The second-order valence-electron chi connectivity index (χ2n) is 13.3. The molecule has 50 heavy (non-hydrogen) atoms. The molecule has 0 radical (unpaired) electrons. The molecular weight excluding hydrogens is 718 g/mol. The number of hydrogen-bond donors (Lipinski definition) is 1. The molecular formula is C41H31BrClNO6. The summed E-state index contributed by atoms with van der Waals surface area (Å²) in [4.78, 5) is 60.0. The second-order valence-corrected chi connectivity index (χ2v) is 14.7. The van der Waals surface area contributed by atoms with Gasteiger partial charge in [-0.2, -0.15) is 0 Å². The fourth-order valence-electron chi connectivity index (χ4n) is 9.03. The number of allylic oxidation sites excluding steroid dienone is 4. The van der Waals surface area contributed by atoms with Gasteiger partial charge in [0.15, 0.2) is 23.1 Å². The Morgan fingerprint density at radius 3 is 2.24 bits per heavy atom. The minimum absolute atomic E-state index is 0.159. The van der Waals surface area contributed by atoms with Gasteiger partial charge in [0.1, 0.15) is 0 Å². The highest BCUT2D eigenvalue weighted by atomic mass is 79.9. The Labute approximate surface area is 302 Å². The standard InChI is InChI=1S/C41H31BrClNO6/c1-50-33-19-24(42)18-31(38(33)47)36-27-16-17-28-35(40(49)44(39(28)48)26-14-12-25(43)13-15-26)30(27)20-32-37(46)29(22-8-4-2-5-9-22)21-34(45)41(32,36)23-10-6-3-7-11-23/h2-16,18-19,21,28,30,32,35-36,47H,17,20H2,1H3. The maximum atomic E-state index is 15.2. The van der Waals surface area contributed by atoms with Crippen LogP contribution in [0.25, 0.3) is 5.57 Å². The number of halogens is 2. The molecule has 4 aliphatic rings. The lowest BCUT2D eigenvalue weighted by molar-refractivity contribution is -0.135. The maximum Gasteiger partial charge on any atom is 0.238 e. The molecule has 0 spiro atoms. The molecule has 1 heterocycles. The van der Waals surface area contributed by atoms with E-state index in [9.17, 15) is 14.7 Å². The van der Waals surface area contributed by atoms with Crippen LogP contribution in [0.1, 0.15) is 35.4 Å². The lowest BCUT2D eigenvalue weighted by Gasteiger charge is -2.55. The molecule has 2 fully saturated rings. The number of phenolic OH excluding ortho intramolecular Hbond substituents is 1. The summed E-state index contributed by atoms with van der Waals surface area (Å²) < 4.78 is 6.19. The predicted octanol–water partition coefficient (Wildman–Crippen LogP) is 7.85. The minimum atomic E-state index is -1.48. The number of nitrogens with zero attached hydrogens (tertiary/aromatic N) is 1. The Hall–Kier alpha value is -4.79. The number of aromatic hydroxyl groups is 1. The maximum absolute atomic E-state index is 15.2. The van der Waals surface area contributed by atoms with E-state index >= 15 is 9.59 Å². The van der Waals surface area contributed by atoms with Gasteiger partial charge >= 0.3 is 0 Å². The zero-order valence-electron chi connectivity index (χ0n) is 26.9. The number of carbonyl (C=O) groups excluding carboxylic acids is 4. The largest absolute Gasteiger partial charge is 0.504 e. The normalized spacial score (nSPS) is 27.3. The van der Waals surface area contributed by atoms with Crippen molar-refractivity contribution in [3.05, 3.63) is 141 Å². The van der Waals surface area contributed by atoms with Crippen molar-refractivity contribution in [2.24, 2.45) is 23.7 Å². The van der Waals surface area contributed by atoms with Crippen molar-refractivity contribution in [3.8, 4) is 11.5 Å². The Balaban J connectivity index is 1.39. The molecule has 1 aliphatic heterocycles. The number of anilines is 1. The van der Waals surface area contributed by atoms with Gasteiger partial charge < -0.3 is 9.84 Å². The van der Waals surface area contributed by atoms with Gasteiger partial charge in [0.05, 0.1) is 30.0 Å². The summed E-state index contributed by atoms with van der Waals surface area (Å²) in [6.07, 6.45) is 3.84. The Morgan fingerprint density at radius 2 is 1.56 bits per heavy atom. The number of Topliss-reactive ketones (excluding diaryl/α,β-unsaturated/α-hetero) is 1. The number of phenols is 1. The number of ether oxygens (including phenoxy) is 1. The molecule has 1 saturated heterocycles. The first-order chi connectivity index (χ1) is 24.2. The van der Waals surface area contributed by atoms with Crippen molar-refractivity contribution in [2.45, 2.75) is 24.2 Å². The average Bonchev–Trinajstić information content (AvgIpc) is 3.39. The molecule has 0 bridgehead atoms. The van der Waals surface area contributed by atoms with Crippen LogP contribution in [0.5, 0.6) is 11.5 Å². The molecule has 2 amide bonds. The van der Waals surface area contributed by atoms with E-state index in [0.29, 0.717) is 37.4 Å². The van der Waals surface area contributed by atoms with Crippen LogP contribution in [-0.2, 0) is 24.6 Å². The fraction of sp³-hybridized carbons (Fsp3) is 0.220. The first kappa shape index (κ1) is 32.4. The van der Waals surface area contributed by atoms with Crippen molar-refractivity contribution in [1.82, 2.24) is 0 Å². The molecule has 6 unspecified atom stereocenters. The minimum Gasteiger partial charge on any atom is -0.504 e. The van der Waals surface area contributed by atoms with E-state index in [2.05, 4.69) is 15.9 Å². The summed E-state index contributed by atoms with van der Waals surface area (Å²) in [6, 6.07) is 28.4. The van der Waals surface area contributed by atoms with Crippen molar-refractivity contribution in [2.75, 3.05) is 12.0 Å². The monoisotopic (exact) mass is 747 g/mol. The quantitative estimate of drug-likeness (QED) is 0.165. The van der Waals surface area contributed by atoms with E-state index in [1.165, 1.54) is 18.1 Å². The van der Waals surface area contributed by atoms with Crippen molar-refractivity contribution < 1.29 is 29.0 Å². The van der Waals surface area contributed by atoms with Crippen LogP contribution in [-0.4, -0.2) is 35.6 Å². The number of hydrogen-bond acceptors (Lipinski definition) is 6. The van der Waals surface area contributed by atoms with Crippen molar-refractivity contribution >= 4 is 62.2 Å². The molecule has 250 valence electrons. The van der Waals surface area contributed by atoms with Crippen LogP contribution in [0, 0.1) is 23.7 Å². The van der Waals surface area contributed by atoms with Crippen molar-refractivity contribution in [3.63, 3.8) is 0 Å². The summed E-state index contributed by atoms with van der Waals surface area (Å²) in [5.41, 5.74) is 1.66. The van der Waals surface area contributed by atoms with Crippen LogP contribution < -0.4 is 9.64 Å². The molecule has 6 atom stereocenters. The van der Waals surface area contributed by atoms with E-state index in [1.807, 2.05) is 66.7 Å². The zero-order chi connectivity index (χ0) is 34.9. The number of methoxy groups -OCH3 is 1. The Kier molecular flexibility index (Phi) is 7.92. The highest BCUT2D eigenvalue weighted by Gasteiger charge is 2.66. The van der Waals surface area contributed by atoms with E-state index in [0.717, 1.165) is 5.57 Å². The molecule has 3 aliphatic carbocycles. The van der Waals surface area contributed by atoms with Gasteiger partial charge in [-0.3, -0.25) is 24.1 Å². The highest BCUT2D eigenvalue weighted by Crippen LogP contribution is 2.65. The van der Waals surface area contributed by atoms with Crippen LogP contribution in [0.4, 0.5) is 5.69 Å². The molecule has 4 aromatic rings. The number of carbonyl (C=O) groups is 4. The molecule has 9 heteroatoms. The van der Waals surface area contributed by atoms with E-state index in [4.69, 9.17) is 16.3 Å². The summed E-state index contributed by atoms with van der Waals surface area (Å²) in [7, 11) is 1.45. The fourth-order valence-corrected chi connectivity index (χ4v) is 9.61. The first-order valence-electron chi connectivity index (χ1n) is 16.5. The van der Waals surface area contributed by atoms with Gasteiger partial charge in [-0.25, -0.2) is 0 Å². The first-order valence-corrected chi connectivity index (χ1v) is 17.6. The lowest BCUT2D eigenvalue weighted by atomic mass is 9.44. The van der Waals surface area contributed by atoms with Crippen LogP contribution in [0.15, 0.2) is 119 Å². The molecule has 0 aromatic heterocycles. The number of fused-ring (bicyclic) bond motifs is 4. The lowest BCUT2D eigenvalue weighted by Crippen LogP contribution is -2.58. The zero-order valence-corrected chi connectivity index (χ0v) is 29.2. The summed E-state index contributed by atoms with van der Waals surface area (Å²) >= 11 is 9.72. The number of ketones is 2. The molecule has 1 saturated carbocycles. The Bertz CT molecular complexity index is 2150. The number of imide groups is 1. The van der Waals surface area contributed by atoms with E-state index < -0.39 is 35.0 Å². The van der Waals surface area contributed by atoms with Gasteiger partial charge in [-0.15, -0.1) is 0 Å². The second kappa shape index (κ2) is 12.2. The Morgan fingerprint density at radius 1 is 0.880 bits per heavy atom.